The van der Waals surface area contributed by atoms with Gasteiger partial charge in [0.25, 0.3) is 10.0 Å². The Kier molecular flexibility index (Phi) is 5.67. The molecular weight excluding hydrogens is 420 g/mol. The van der Waals surface area contributed by atoms with Crippen molar-refractivity contribution in [3.05, 3.63) is 46.8 Å². The van der Waals surface area contributed by atoms with Crippen molar-refractivity contribution in [3.8, 4) is 5.75 Å². The summed E-state index contributed by atoms with van der Waals surface area (Å²) in [6.07, 6.45) is 2.03. The third-order valence-electron chi connectivity index (χ3n) is 5.78. The van der Waals surface area contributed by atoms with Crippen LogP contribution in [0.25, 0.3) is 0 Å². The Morgan fingerprint density at radius 1 is 1.30 bits per heavy atom. The van der Waals surface area contributed by atoms with Crippen molar-refractivity contribution in [2.45, 2.75) is 55.9 Å². The molecule has 0 unspecified atom stereocenters. The second-order valence-corrected chi connectivity index (χ2v) is 11.9. The molecule has 0 aliphatic carbocycles. The SMILES string of the molecule is Cc1ccc2c(c1)[C@H](NC(=O)[C@H]1CCCN(S(=O)(=O)c3cccs3)C1)CC(C)(C)O2. The van der Waals surface area contributed by atoms with Crippen LogP contribution in [-0.4, -0.2) is 37.3 Å². The Bertz CT molecular complexity index is 1030. The molecule has 2 aliphatic heterocycles. The van der Waals surface area contributed by atoms with Gasteiger partial charge in [-0.25, -0.2) is 8.42 Å². The molecule has 162 valence electrons. The highest BCUT2D eigenvalue weighted by molar-refractivity contribution is 7.91. The van der Waals surface area contributed by atoms with Gasteiger partial charge in [-0.15, -0.1) is 11.3 Å². The van der Waals surface area contributed by atoms with E-state index in [0.717, 1.165) is 16.9 Å². The molecule has 1 saturated heterocycles. The molecule has 0 radical (unpaired) electrons. The number of nitrogens with one attached hydrogen (secondary N) is 1. The molecule has 1 amide bonds. The van der Waals surface area contributed by atoms with E-state index in [2.05, 4.69) is 11.4 Å². The van der Waals surface area contributed by atoms with E-state index in [-0.39, 0.29) is 30.0 Å². The molecule has 4 rings (SSSR count). The van der Waals surface area contributed by atoms with E-state index in [4.69, 9.17) is 4.74 Å². The van der Waals surface area contributed by atoms with Gasteiger partial charge in [-0.2, -0.15) is 4.31 Å². The number of aryl methyl sites for hydroxylation is 1. The lowest BCUT2D eigenvalue weighted by atomic mass is 9.88. The van der Waals surface area contributed by atoms with Crippen molar-refractivity contribution in [1.82, 2.24) is 9.62 Å². The fourth-order valence-electron chi connectivity index (χ4n) is 4.30. The van der Waals surface area contributed by atoms with E-state index >= 15 is 0 Å². The normalized spacial score (nSPS) is 24.0. The maximum Gasteiger partial charge on any atom is 0.252 e. The zero-order valence-electron chi connectivity index (χ0n) is 17.6. The first-order valence-electron chi connectivity index (χ1n) is 10.3. The summed E-state index contributed by atoms with van der Waals surface area (Å²) >= 11 is 1.21. The zero-order valence-corrected chi connectivity index (χ0v) is 19.2. The maximum absolute atomic E-state index is 13.2. The van der Waals surface area contributed by atoms with Gasteiger partial charge < -0.3 is 10.1 Å². The zero-order chi connectivity index (χ0) is 21.5. The first kappa shape index (κ1) is 21.3. The second kappa shape index (κ2) is 7.98. The Balaban J connectivity index is 1.51. The van der Waals surface area contributed by atoms with E-state index in [1.807, 2.05) is 32.9 Å². The van der Waals surface area contributed by atoms with Crippen LogP contribution in [0.2, 0.25) is 0 Å². The van der Waals surface area contributed by atoms with Crippen LogP contribution in [0.1, 0.15) is 50.3 Å². The fourth-order valence-corrected chi connectivity index (χ4v) is 6.97. The van der Waals surface area contributed by atoms with E-state index in [1.54, 1.807) is 17.5 Å². The lowest BCUT2D eigenvalue weighted by Crippen LogP contribution is -2.47. The van der Waals surface area contributed by atoms with Crippen LogP contribution < -0.4 is 10.1 Å². The number of thiophene rings is 1. The number of ether oxygens (including phenoxy) is 1. The van der Waals surface area contributed by atoms with Crippen LogP contribution in [0.3, 0.4) is 0 Å². The van der Waals surface area contributed by atoms with E-state index in [1.165, 1.54) is 15.6 Å². The molecule has 3 heterocycles. The molecule has 2 atom stereocenters. The Hall–Kier alpha value is -1.90. The van der Waals surface area contributed by atoms with Gasteiger partial charge in [0.1, 0.15) is 15.6 Å². The van der Waals surface area contributed by atoms with Gasteiger partial charge in [0.15, 0.2) is 0 Å². The number of hydrogen-bond acceptors (Lipinski definition) is 5. The quantitative estimate of drug-likeness (QED) is 0.770. The predicted molar refractivity (Wildman–Crippen MR) is 117 cm³/mol. The highest BCUT2D eigenvalue weighted by atomic mass is 32.2. The van der Waals surface area contributed by atoms with E-state index in [9.17, 15) is 13.2 Å². The van der Waals surface area contributed by atoms with Gasteiger partial charge in [0.05, 0.1) is 12.0 Å². The largest absolute Gasteiger partial charge is 0.487 e. The average Bonchev–Trinajstić information content (AvgIpc) is 3.24. The molecule has 8 heteroatoms. The number of carbonyl (C=O) groups excluding carboxylic acids is 1. The fraction of sp³-hybridized carbons (Fsp3) is 0.500. The van der Waals surface area contributed by atoms with Crippen LogP contribution in [0.4, 0.5) is 0 Å². The van der Waals surface area contributed by atoms with E-state index in [0.29, 0.717) is 30.0 Å². The van der Waals surface area contributed by atoms with Crippen molar-refractivity contribution < 1.29 is 17.9 Å². The standard InChI is InChI=1S/C22H28N2O4S2/c1-15-8-9-19-17(12-15)18(13-22(2,3)28-19)23-21(25)16-6-4-10-24(14-16)30(26,27)20-7-5-11-29-20/h5,7-9,11-12,16,18H,4,6,10,13-14H2,1-3H3,(H,23,25)/t16-,18+/m0/s1. The van der Waals surface area contributed by atoms with Gasteiger partial charge in [-0.1, -0.05) is 23.8 Å². The molecule has 2 aromatic rings. The van der Waals surface area contributed by atoms with Crippen LogP contribution in [0, 0.1) is 12.8 Å². The summed E-state index contributed by atoms with van der Waals surface area (Å²) in [6, 6.07) is 9.23. The second-order valence-electron chi connectivity index (χ2n) is 8.80. The number of carbonyl (C=O) groups is 1. The third kappa shape index (κ3) is 4.26. The molecule has 1 fully saturated rings. The van der Waals surface area contributed by atoms with Crippen LogP contribution in [0.5, 0.6) is 5.75 Å². The molecule has 30 heavy (non-hydrogen) atoms. The monoisotopic (exact) mass is 448 g/mol. The number of rotatable bonds is 4. The summed E-state index contributed by atoms with van der Waals surface area (Å²) in [7, 11) is -3.54. The molecule has 0 spiro atoms. The summed E-state index contributed by atoms with van der Waals surface area (Å²) in [5.74, 6) is 0.358. The smallest absolute Gasteiger partial charge is 0.252 e. The number of sulfonamides is 1. The van der Waals surface area contributed by atoms with Crippen LogP contribution in [0.15, 0.2) is 39.9 Å². The topological polar surface area (TPSA) is 75.7 Å². The predicted octanol–water partition coefficient (Wildman–Crippen LogP) is 3.88. The number of fused-ring (bicyclic) bond motifs is 1. The maximum atomic E-state index is 13.2. The van der Waals surface area contributed by atoms with Gasteiger partial charge in [0, 0.05) is 25.1 Å². The lowest BCUT2D eigenvalue weighted by Gasteiger charge is -2.39. The van der Waals surface area contributed by atoms with Crippen molar-refractivity contribution in [1.29, 1.82) is 0 Å². The van der Waals surface area contributed by atoms with Crippen molar-refractivity contribution in [3.63, 3.8) is 0 Å². The molecule has 1 aromatic heterocycles. The average molecular weight is 449 g/mol. The van der Waals surface area contributed by atoms with Gasteiger partial charge in [-0.05, 0) is 51.1 Å². The van der Waals surface area contributed by atoms with Crippen molar-refractivity contribution in [2.75, 3.05) is 13.1 Å². The highest BCUT2D eigenvalue weighted by Crippen LogP contribution is 2.40. The third-order valence-corrected chi connectivity index (χ3v) is 9.02. The Morgan fingerprint density at radius 3 is 2.83 bits per heavy atom. The Morgan fingerprint density at radius 2 is 2.10 bits per heavy atom. The minimum Gasteiger partial charge on any atom is -0.487 e. The lowest BCUT2D eigenvalue weighted by molar-refractivity contribution is -0.127. The minimum atomic E-state index is -3.54. The van der Waals surface area contributed by atoms with Crippen LogP contribution >= 0.6 is 11.3 Å². The first-order valence-corrected chi connectivity index (χ1v) is 12.6. The van der Waals surface area contributed by atoms with Gasteiger partial charge in [-0.3, -0.25) is 4.79 Å². The number of amides is 1. The van der Waals surface area contributed by atoms with Gasteiger partial charge in [0.2, 0.25) is 5.91 Å². The molecule has 1 N–H and O–H groups in total. The summed E-state index contributed by atoms with van der Waals surface area (Å²) in [5.41, 5.74) is 1.71. The molecule has 6 nitrogen and oxygen atoms in total. The van der Waals surface area contributed by atoms with Gasteiger partial charge >= 0.3 is 0 Å². The summed E-state index contributed by atoms with van der Waals surface area (Å²) in [4.78, 5) is 13.2. The first-order chi connectivity index (χ1) is 14.2. The molecular formula is C22H28N2O4S2. The number of benzene rings is 1. The number of hydrogen-bond donors (Lipinski definition) is 1. The molecule has 0 bridgehead atoms. The number of piperidine rings is 1. The minimum absolute atomic E-state index is 0.0868. The summed E-state index contributed by atoms with van der Waals surface area (Å²) in [5, 5.41) is 4.95. The summed E-state index contributed by atoms with van der Waals surface area (Å²) in [6.45, 7) is 6.73. The Labute approximate surface area is 182 Å². The van der Waals surface area contributed by atoms with Crippen molar-refractivity contribution >= 4 is 27.3 Å². The van der Waals surface area contributed by atoms with Crippen LogP contribution in [-0.2, 0) is 14.8 Å². The van der Waals surface area contributed by atoms with Crippen molar-refractivity contribution in [2.24, 2.45) is 5.92 Å². The van der Waals surface area contributed by atoms with E-state index < -0.39 is 10.0 Å². The molecule has 1 aromatic carbocycles. The molecule has 2 aliphatic rings. The number of nitrogens with zero attached hydrogens (tertiary/aromatic N) is 1. The highest BCUT2D eigenvalue weighted by Gasteiger charge is 2.38. The summed E-state index contributed by atoms with van der Waals surface area (Å²) < 4.78 is 33.6. The molecule has 0 saturated carbocycles.